The van der Waals surface area contributed by atoms with Gasteiger partial charge in [0.1, 0.15) is 0 Å². The van der Waals surface area contributed by atoms with Gasteiger partial charge in [-0.25, -0.2) is 0 Å². The number of carbonyl (C=O) groups is 4. The van der Waals surface area contributed by atoms with Crippen molar-refractivity contribution in [3.8, 4) is 44.5 Å². The van der Waals surface area contributed by atoms with Crippen LogP contribution in [0.1, 0.15) is 152 Å². The van der Waals surface area contributed by atoms with E-state index in [0.717, 1.165) is 121 Å². The first kappa shape index (κ1) is 91.0. The molecule has 3 aliphatic heterocycles. The molecule has 0 saturated carbocycles. The number of methoxy groups -OCH3 is 8. The van der Waals surface area contributed by atoms with Crippen molar-refractivity contribution in [1.29, 1.82) is 0 Å². The fourth-order valence-corrected chi connectivity index (χ4v) is 22.4. The monoisotopic (exact) mass is 1940 g/mol. The Labute approximate surface area is 761 Å². The molecule has 0 aromatic heterocycles. The van der Waals surface area contributed by atoms with Crippen LogP contribution in [-0.2, 0) is 97.7 Å². The van der Waals surface area contributed by atoms with Gasteiger partial charge in [0.25, 0.3) is 17.7 Å². The average molecular weight is 1940 g/mol. The van der Waals surface area contributed by atoms with Crippen molar-refractivity contribution in [2.75, 3.05) is 149 Å². The minimum atomic E-state index is -0.762. The topological polar surface area (TPSA) is 198 Å². The number of allylic oxidation sites excluding steroid dienone is 1. The van der Waals surface area contributed by atoms with Crippen molar-refractivity contribution in [2.24, 2.45) is 0 Å². The number of carbonyl (C=O) groups excluding carboxylic acids is 4. The van der Waals surface area contributed by atoms with Gasteiger partial charge in [-0.05, 0) is 269 Å². The van der Waals surface area contributed by atoms with Gasteiger partial charge in [0.05, 0.1) is 52.5 Å². The van der Waals surface area contributed by atoms with E-state index in [1.54, 1.807) is 66.7 Å². The zero-order valence-corrected chi connectivity index (χ0v) is 79.1. The molecule has 124 heavy (non-hydrogen) atoms. The molecule has 8 aromatic rings. The summed E-state index contributed by atoms with van der Waals surface area (Å²) in [5.74, 6) is -0.930. The van der Waals surface area contributed by atoms with E-state index < -0.39 is 23.4 Å². The molecule has 0 bridgehead atoms. The quantitative estimate of drug-likeness (QED) is 0.0356. The predicted molar refractivity (Wildman–Crippen MR) is 496 cm³/mol. The maximum absolute atomic E-state index is 15.8. The highest BCUT2D eigenvalue weighted by Crippen LogP contribution is 2.61. The number of benzene rings is 8. The molecule has 0 saturated heterocycles. The number of rotatable bonds is 40. The Morgan fingerprint density at radius 2 is 0.573 bits per heavy atom. The first-order valence-electron chi connectivity index (χ1n) is 42.9. The first-order valence-corrected chi connectivity index (χ1v) is 46.0. The molecule has 0 atom stereocenters. The second kappa shape index (κ2) is 39.1. The number of ketones is 1. The molecule has 8 aliphatic rings. The molecule has 0 spiro atoms. The molecule has 3 amide bonds. The lowest BCUT2D eigenvalue weighted by molar-refractivity contribution is -0.151. The van der Waals surface area contributed by atoms with Crippen molar-refractivity contribution in [2.45, 2.75) is 120 Å². The number of amides is 3. The Morgan fingerprint density at radius 1 is 0.323 bits per heavy atom. The molecule has 23 heteroatoms. The highest BCUT2D eigenvalue weighted by molar-refractivity contribution is 9.11. The fraction of sp³-hybridized carbons (Fsp3) is 0.406. The first-order chi connectivity index (χ1) is 60.2. The molecule has 0 unspecified atom stereocenters. The second-order valence-electron chi connectivity index (χ2n) is 32.7. The van der Waals surface area contributed by atoms with Crippen LogP contribution in [0.5, 0.6) is 0 Å². The number of ether oxygens (including phenoxy) is 12. The van der Waals surface area contributed by atoms with Gasteiger partial charge in [0, 0.05) is 182 Å². The Morgan fingerprint density at radius 3 is 0.855 bits per heavy atom. The van der Waals surface area contributed by atoms with Gasteiger partial charge < -0.3 is 72.0 Å². The number of halogens is 4. The average Bonchev–Trinajstić information content (AvgIpc) is 1.53. The lowest BCUT2D eigenvalue weighted by atomic mass is 9.72. The molecule has 5 aliphatic carbocycles. The Kier molecular flexibility index (Phi) is 28.7. The lowest BCUT2D eigenvalue weighted by Gasteiger charge is -2.33. The van der Waals surface area contributed by atoms with Gasteiger partial charge in [0.15, 0.2) is 18.4 Å². The summed E-state index contributed by atoms with van der Waals surface area (Å²) in [6.07, 6.45) is 4.44. The van der Waals surface area contributed by atoms with Crippen LogP contribution < -0.4 is 5.32 Å². The van der Waals surface area contributed by atoms with E-state index in [4.69, 9.17) is 56.8 Å². The summed E-state index contributed by atoms with van der Waals surface area (Å²) in [6, 6.07) is 51.3. The van der Waals surface area contributed by atoms with Crippen molar-refractivity contribution in [1.82, 2.24) is 15.1 Å². The molecule has 8 aromatic carbocycles. The van der Waals surface area contributed by atoms with Crippen LogP contribution in [0, 0.1) is 0 Å². The van der Waals surface area contributed by atoms with E-state index in [9.17, 15) is 9.59 Å². The Balaban J connectivity index is 0.000000198. The van der Waals surface area contributed by atoms with Gasteiger partial charge in [-0.15, -0.1) is 0 Å². The highest BCUT2D eigenvalue weighted by Gasteiger charge is 2.54. The molecular formula is C101H109Br4N3O16. The molecular weight excluding hydrogens is 1830 g/mol. The van der Waals surface area contributed by atoms with Gasteiger partial charge in [-0.3, -0.25) is 19.2 Å². The van der Waals surface area contributed by atoms with E-state index in [0.29, 0.717) is 144 Å². The van der Waals surface area contributed by atoms with Crippen molar-refractivity contribution >= 4 is 110 Å². The molecule has 19 nitrogen and oxygen atoms in total. The SMILES string of the molecule is CCOC(CN1C(=O)C2=C(c3ccc4c(c3)C(CCOC)(CCOC)c3cc(Br)ccc3-4)N(CC(OCC)OCC)C(=O)C2=C1c1ccc2c(c1)C(CCOC)(CCOC)c1cc(Br)ccc1-2)OCC.COCCC1(CCOC)c2cc(Br)ccc2-c2ccc(C3=C4C(=O)NC(c5ccc6c(c5)C(CCOC)(CCOC)c5cc(Br)ccc5-6)=C4C(=O)C3)cc21. The third-order valence-corrected chi connectivity index (χ3v) is 28.4. The van der Waals surface area contributed by atoms with Crippen LogP contribution in [0.15, 0.2) is 186 Å². The summed E-state index contributed by atoms with van der Waals surface area (Å²) in [4.78, 5) is 63.3. The number of fused-ring (bicyclic) bond motifs is 14. The predicted octanol–water partition coefficient (Wildman–Crippen LogP) is 19.7. The van der Waals surface area contributed by atoms with Gasteiger partial charge in [-0.1, -0.05) is 137 Å². The Bertz CT molecular complexity index is 5210. The third-order valence-electron chi connectivity index (χ3n) is 26.5. The summed E-state index contributed by atoms with van der Waals surface area (Å²) in [5.41, 5.74) is 23.8. The minimum Gasteiger partial charge on any atom is -0.385 e. The zero-order valence-electron chi connectivity index (χ0n) is 72.7. The molecule has 16 rings (SSSR count). The smallest absolute Gasteiger partial charge is 0.261 e. The van der Waals surface area contributed by atoms with Crippen LogP contribution in [0.2, 0.25) is 0 Å². The van der Waals surface area contributed by atoms with Crippen molar-refractivity contribution in [3.63, 3.8) is 0 Å². The molecule has 0 radical (unpaired) electrons. The number of Topliss-reactive ketones (excluding diaryl/α,β-unsaturated/α-hetero) is 1. The normalized spacial score (nSPS) is 16.7. The van der Waals surface area contributed by atoms with Crippen LogP contribution >= 0.6 is 63.7 Å². The molecule has 0 fully saturated rings. The minimum absolute atomic E-state index is 0.0520. The van der Waals surface area contributed by atoms with Crippen LogP contribution in [-0.4, -0.2) is 195 Å². The summed E-state index contributed by atoms with van der Waals surface area (Å²) in [7, 11) is 13.8. The molecule has 1 N–H and O–H groups in total. The number of nitrogens with one attached hydrogen (secondary N) is 1. The number of hydrogen-bond acceptors (Lipinski definition) is 16. The highest BCUT2D eigenvalue weighted by atomic mass is 79.9. The number of hydrogen-bond donors (Lipinski definition) is 1. The van der Waals surface area contributed by atoms with Crippen LogP contribution in [0.4, 0.5) is 0 Å². The zero-order chi connectivity index (χ0) is 87.5. The van der Waals surface area contributed by atoms with Crippen molar-refractivity contribution < 1.29 is 76.0 Å². The van der Waals surface area contributed by atoms with Gasteiger partial charge >= 0.3 is 0 Å². The Hall–Kier alpha value is -7.76. The van der Waals surface area contributed by atoms with E-state index in [1.807, 2.05) is 45.9 Å². The van der Waals surface area contributed by atoms with E-state index in [2.05, 4.69) is 196 Å². The van der Waals surface area contributed by atoms with Gasteiger partial charge in [-0.2, -0.15) is 0 Å². The summed E-state index contributed by atoms with van der Waals surface area (Å²) < 4.78 is 74.4. The number of nitrogens with zero attached hydrogens (tertiary/aromatic N) is 2. The summed E-state index contributed by atoms with van der Waals surface area (Å²) in [6.45, 7) is 13.5. The molecule has 3 heterocycles. The summed E-state index contributed by atoms with van der Waals surface area (Å²) in [5, 5.41) is 3.15. The lowest BCUT2D eigenvalue weighted by Crippen LogP contribution is -2.39. The van der Waals surface area contributed by atoms with E-state index in [1.165, 1.54) is 38.9 Å². The van der Waals surface area contributed by atoms with Crippen molar-refractivity contribution in [3.05, 3.63) is 253 Å². The fourth-order valence-electron chi connectivity index (χ4n) is 20.9. The van der Waals surface area contributed by atoms with Crippen LogP contribution in [0.25, 0.3) is 67.2 Å². The maximum Gasteiger partial charge on any atom is 0.261 e. The maximum atomic E-state index is 15.8. The third kappa shape index (κ3) is 16.3. The summed E-state index contributed by atoms with van der Waals surface area (Å²) >= 11 is 15.0. The second-order valence-corrected chi connectivity index (χ2v) is 36.4. The van der Waals surface area contributed by atoms with E-state index in [-0.39, 0.29) is 53.8 Å². The van der Waals surface area contributed by atoms with E-state index >= 15 is 9.59 Å². The standard InChI is InChI=1S/C56H66Br2N2O10.C45H43Br2NO6/c1-9-67-47(68-10-2)33-59-51(35-13-17-39-41-19-15-37(57)31-45(41)55(21-25-63-5,22-26-64-6)43(39)29-35)49-50(53(59)61)52(60(54(49)62)34-48(69-11-3)70-12-4)36-14-18-40-42-20-16-38(58)32-46(42)56(23-27-65-7,24-28-66-8)44(40)30-36;1-51-17-13-44(14-18-52-2)35-21-26(5-9-30(35)32-11-7-28(46)23-37(32)44)34-25-39(49)41-40(34)43(50)48-42(41)27-6-10-31-33-12-8-29(47)24-38(33)45(15-19-53-3,16-20-54-4)36(31)22-27/h13-20,29-32,47-48H,9-12,21-28,33-34H2,1-8H3;5-12,21-24H,13-20,25H2,1-4H3,(H,48,50). The largest absolute Gasteiger partial charge is 0.385 e. The van der Waals surface area contributed by atoms with Crippen LogP contribution in [0.3, 0.4) is 0 Å². The van der Waals surface area contributed by atoms with Gasteiger partial charge in [0.2, 0.25) is 0 Å². The molecule has 652 valence electrons.